The standard InChI is InChI=1S/C27H30ClN3O5S/c1-20(27(33)29-2)30(17-22-11-7-8-12-25(22)28)26(32)18-31(37(3,34)35)23-13-15-24(16-14-23)36-19-21-9-5-4-6-10-21/h4-16,20H,17-19H2,1-3H3,(H,29,33)/t20-/m0/s1. The van der Waals surface area contributed by atoms with E-state index in [1.165, 1.54) is 11.9 Å². The minimum Gasteiger partial charge on any atom is -0.489 e. The van der Waals surface area contributed by atoms with Gasteiger partial charge >= 0.3 is 0 Å². The first-order chi connectivity index (χ1) is 17.6. The Kier molecular flexibility index (Phi) is 9.54. The van der Waals surface area contributed by atoms with Crippen molar-refractivity contribution in [3.63, 3.8) is 0 Å². The minimum absolute atomic E-state index is 0.0386. The van der Waals surface area contributed by atoms with E-state index in [1.807, 2.05) is 30.3 Å². The fourth-order valence-electron chi connectivity index (χ4n) is 3.66. The highest BCUT2D eigenvalue weighted by Gasteiger charge is 2.30. The predicted octanol–water partition coefficient (Wildman–Crippen LogP) is 3.85. The Balaban J connectivity index is 1.81. The quantitative estimate of drug-likeness (QED) is 0.396. The Morgan fingerprint density at radius 2 is 1.59 bits per heavy atom. The summed E-state index contributed by atoms with van der Waals surface area (Å²) in [6.45, 7) is 1.49. The molecule has 3 aromatic rings. The maximum absolute atomic E-state index is 13.4. The molecule has 0 unspecified atom stereocenters. The molecule has 0 aromatic heterocycles. The highest BCUT2D eigenvalue weighted by Crippen LogP contribution is 2.24. The number of hydrogen-bond donors (Lipinski definition) is 1. The first-order valence-corrected chi connectivity index (χ1v) is 13.8. The second kappa shape index (κ2) is 12.6. The Bertz CT molecular complexity index is 1320. The Labute approximate surface area is 222 Å². The lowest BCUT2D eigenvalue weighted by Crippen LogP contribution is -2.50. The highest BCUT2D eigenvalue weighted by molar-refractivity contribution is 7.92. The maximum atomic E-state index is 13.4. The van der Waals surface area contributed by atoms with Crippen LogP contribution in [0, 0.1) is 0 Å². The van der Waals surface area contributed by atoms with Crippen LogP contribution in [-0.2, 0) is 32.8 Å². The average Bonchev–Trinajstić information content (AvgIpc) is 2.89. The number of nitrogens with zero attached hydrogens (tertiary/aromatic N) is 2. The average molecular weight is 544 g/mol. The summed E-state index contributed by atoms with van der Waals surface area (Å²) in [7, 11) is -2.36. The van der Waals surface area contributed by atoms with Gasteiger partial charge in [0.05, 0.1) is 11.9 Å². The number of rotatable bonds is 11. The molecule has 3 aromatic carbocycles. The normalized spacial score (nSPS) is 11.9. The molecule has 0 aliphatic carbocycles. The fourth-order valence-corrected chi connectivity index (χ4v) is 4.71. The predicted molar refractivity (Wildman–Crippen MR) is 145 cm³/mol. The van der Waals surface area contributed by atoms with E-state index < -0.39 is 28.5 Å². The monoisotopic (exact) mass is 543 g/mol. The molecule has 0 aliphatic heterocycles. The van der Waals surface area contributed by atoms with Gasteiger partial charge in [0.25, 0.3) is 0 Å². The van der Waals surface area contributed by atoms with Gasteiger partial charge < -0.3 is 15.0 Å². The van der Waals surface area contributed by atoms with Crippen molar-refractivity contribution in [2.24, 2.45) is 0 Å². The van der Waals surface area contributed by atoms with Crippen LogP contribution in [0.25, 0.3) is 0 Å². The summed E-state index contributed by atoms with van der Waals surface area (Å²) >= 11 is 6.29. The van der Waals surface area contributed by atoms with Gasteiger partial charge in [-0.1, -0.05) is 60.1 Å². The van der Waals surface area contributed by atoms with Crippen LogP contribution in [0.4, 0.5) is 5.69 Å². The largest absolute Gasteiger partial charge is 0.489 e. The van der Waals surface area contributed by atoms with Crippen LogP contribution in [0.2, 0.25) is 5.02 Å². The van der Waals surface area contributed by atoms with Gasteiger partial charge in [-0.25, -0.2) is 8.42 Å². The number of carbonyl (C=O) groups is 2. The van der Waals surface area contributed by atoms with Gasteiger partial charge in [0.1, 0.15) is 24.9 Å². The summed E-state index contributed by atoms with van der Waals surface area (Å²) in [6.07, 6.45) is 1.03. The van der Waals surface area contributed by atoms with Crippen LogP contribution in [0.5, 0.6) is 5.75 Å². The van der Waals surface area contributed by atoms with E-state index in [-0.39, 0.29) is 12.5 Å². The molecule has 3 rings (SSSR count). The van der Waals surface area contributed by atoms with Crippen LogP contribution < -0.4 is 14.4 Å². The summed E-state index contributed by atoms with van der Waals surface area (Å²) in [5, 5.41) is 2.97. The molecule has 0 fully saturated rings. The van der Waals surface area contributed by atoms with Gasteiger partial charge in [-0.3, -0.25) is 13.9 Å². The number of ether oxygens (including phenoxy) is 1. The van der Waals surface area contributed by atoms with Crippen molar-refractivity contribution < 1.29 is 22.7 Å². The van der Waals surface area contributed by atoms with Crippen molar-refractivity contribution in [3.8, 4) is 5.75 Å². The molecule has 10 heteroatoms. The lowest BCUT2D eigenvalue weighted by molar-refractivity contribution is -0.139. The zero-order valence-corrected chi connectivity index (χ0v) is 22.5. The van der Waals surface area contributed by atoms with E-state index in [2.05, 4.69) is 5.32 Å². The SMILES string of the molecule is CNC(=O)[C@H](C)N(Cc1ccccc1Cl)C(=O)CN(c1ccc(OCc2ccccc2)cc1)S(C)(=O)=O. The van der Waals surface area contributed by atoms with Crippen molar-refractivity contribution in [2.75, 3.05) is 24.2 Å². The van der Waals surface area contributed by atoms with Gasteiger partial charge in [0, 0.05) is 18.6 Å². The number of halogens is 1. The van der Waals surface area contributed by atoms with Crippen LogP contribution in [0.3, 0.4) is 0 Å². The van der Waals surface area contributed by atoms with Crippen molar-refractivity contribution in [1.82, 2.24) is 10.2 Å². The lowest BCUT2D eigenvalue weighted by Gasteiger charge is -2.31. The van der Waals surface area contributed by atoms with E-state index >= 15 is 0 Å². The molecule has 2 amide bonds. The number of hydrogen-bond acceptors (Lipinski definition) is 5. The van der Waals surface area contributed by atoms with Gasteiger partial charge in [0.15, 0.2) is 0 Å². The summed E-state index contributed by atoms with van der Waals surface area (Å²) in [5.74, 6) is -0.377. The molecule has 0 aliphatic rings. The molecule has 0 radical (unpaired) electrons. The third-order valence-corrected chi connectivity index (χ3v) is 7.27. The van der Waals surface area contributed by atoms with E-state index in [9.17, 15) is 18.0 Å². The first-order valence-electron chi connectivity index (χ1n) is 11.6. The molecule has 1 atom stereocenters. The fraction of sp³-hybridized carbons (Fsp3) is 0.259. The number of nitrogens with one attached hydrogen (secondary N) is 1. The summed E-state index contributed by atoms with van der Waals surface area (Å²) in [5.41, 5.74) is 1.94. The number of carbonyl (C=O) groups excluding carboxylic acids is 2. The zero-order chi connectivity index (χ0) is 27.0. The van der Waals surface area contributed by atoms with Crippen LogP contribution in [0.1, 0.15) is 18.1 Å². The van der Waals surface area contributed by atoms with Crippen molar-refractivity contribution in [2.45, 2.75) is 26.1 Å². The second-order valence-corrected chi connectivity index (χ2v) is 10.8. The van der Waals surface area contributed by atoms with E-state index in [4.69, 9.17) is 16.3 Å². The van der Waals surface area contributed by atoms with Gasteiger partial charge in [-0.05, 0) is 48.4 Å². The molecule has 0 saturated heterocycles. The number of sulfonamides is 1. The van der Waals surface area contributed by atoms with Crippen molar-refractivity contribution in [3.05, 3.63) is 95.0 Å². The van der Waals surface area contributed by atoms with Crippen LogP contribution >= 0.6 is 11.6 Å². The molecule has 0 bridgehead atoms. The summed E-state index contributed by atoms with van der Waals surface area (Å²) in [6, 6.07) is 22.2. The van der Waals surface area contributed by atoms with Crippen molar-refractivity contribution in [1.29, 1.82) is 0 Å². The Morgan fingerprint density at radius 1 is 0.973 bits per heavy atom. The number of amides is 2. The Morgan fingerprint density at radius 3 is 2.19 bits per heavy atom. The number of benzene rings is 3. The Hall–Kier alpha value is -3.56. The molecular formula is C27H30ClN3O5S. The molecule has 0 spiro atoms. The van der Waals surface area contributed by atoms with E-state index in [0.29, 0.717) is 28.6 Å². The lowest BCUT2D eigenvalue weighted by atomic mass is 10.1. The van der Waals surface area contributed by atoms with Gasteiger partial charge in [-0.2, -0.15) is 0 Å². The maximum Gasteiger partial charge on any atom is 0.244 e. The van der Waals surface area contributed by atoms with Gasteiger partial charge in [0.2, 0.25) is 21.8 Å². The molecule has 0 saturated carbocycles. The minimum atomic E-state index is -3.83. The highest BCUT2D eigenvalue weighted by atomic mass is 35.5. The molecule has 37 heavy (non-hydrogen) atoms. The van der Waals surface area contributed by atoms with Crippen LogP contribution in [-0.4, -0.2) is 51.0 Å². The van der Waals surface area contributed by atoms with E-state index in [0.717, 1.165) is 16.1 Å². The second-order valence-electron chi connectivity index (χ2n) is 8.44. The topological polar surface area (TPSA) is 96.0 Å². The number of likely N-dealkylation sites (N-methyl/N-ethyl adjacent to an activating group) is 1. The van der Waals surface area contributed by atoms with Crippen molar-refractivity contribution >= 4 is 39.1 Å². The van der Waals surface area contributed by atoms with E-state index in [1.54, 1.807) is 55.5 Å². The molecular weight excluding hydrogens is 514 g/mol. The van der Waals surface area contributed by atoms with Gasteiger partial charge in [-0.15, -0.1) is 0 Å². The molecule has 8 nitrogen and oxygen atoms in total. The molecule has 196 valence electrons. The third kappa shape index (κ3) is 7.71. The summed E-state index contributed by atoms with van der Waals surface area (Å²) in [4.78, 5) is 27.2. The zero-order valence-electron chi connectivity index (χ0n) is 20.9. The van der Waals surface area contributed by atoms with Crippen LogP contribution in [0.15, 0.2) is 78.9 Å². The number of anilines is 1. The molecule has 0 heterocycles. The molecule has 1 N–H and O–H groups in total. The first kappa shape index (κ1) is 28.0. The third-order valence-electron chi connectivity index (χ3n) is 5.76. The summed E-state index contributed by atoms with van der Waals surface area (Å²) < 4.78 is 32.1. The smallest absolute Gasteiger partial charge is 0.244 e.